The van der Waals surface area contributed by atoms with Crippen LogP contribution in [0, 0.1) is 5.41 Å². The third-order valence-electron chi connectivity index (χ3n) is 5.22. The fourth-order valence-electron chi connectivity index (χ4n) is 4.30. The molecule has 28 heavy (non-hydrogen) atoms. The molecule has 0 aromatic heterocycles. The number of benzene rings is 1. The first-order chi connectivity index (χ1) is 13.0. The van der Waals surface area contributed by atoms with Crippen LogP contribution in [0.3, 0.4) is 0 Å². The summed E-state index contributed by atoms with van der Waals surface area (Å²) >= 11 is 5.80. The zero-order valence-electron chi connectivity index (χ0n) is 16.1. The highest BCUT2D eigenvalue weighted by Gasteiger charge is 2.76. The smallest absolute Gasteiger partial charge is 0.408 e. The zero-order valence-corrected chi connectivity index (χ0v) is 16.8. The first kappa shape index (κ1) is 20.3. The van der Waals surface area contributed by atoms with Gasteiger partial charge in [0, 0.05) is 10.6 Å². The second-order valence-electron chi connectivity index (χ2n) is 8.53. The molecular formula is C19H24ClN3O5. The van der Waals surface area contributed by atoms with Crippen LogP contribution in [-0.4, -0.2) is 45.6 Å². The summed E-state index contributed by atoms with van der Waals surface area (Å²) in [6, 6.07) is 6.74. The van der Waals surface area contributed by atoms with Crippen LogP contribution in [0.1, 0.15) is 40.0 Å². The predicted octanol–water partition coefficient (Wildman–Crippen LogP) is 3.24. The van der Waals surface area contributed by atoms with Gasteiger partial charge in [-0.15, -0.1) is 0 Å². The molecule has 3 aliphatic rings. The Kier molecular flexibility index (Phi) is 4.95. The van der Waals surface area contributed by atoms with Crippen LogP contribution >= 0.6 is 11.6 Å². The first-order valence-electron chi connectivity index (χ1n) is 8.93. The number of amidine groups is 1. The Morgan fingerprint density at radius 1 is 1.25 bits per heavy atom. The maximum atomic E-state index is 12.4. The Labute approximate surface area is 168 Å². The molecule has 3 saturated carbocycles. The Morgan fingerprint density at radius 2 is 1.82 bits per heavy atom. The minimum atomic E-state index is -0.976. The van der Waals surface area contributed by atoms with Crippen molar-refractivity contribution in [1.29, 1.82) is 0 Å². The number of amides is 1. The number of rotatable bonds is 6. The van der Waals surface area contributed by atoms with Crippen molar-refractivity contribution in [3.05, 3.63) is 29.3 Å². The van der Waals surface area contributed by atoms with Gasteiger partial charge >= 0.3 is 12.1 Å². The Morgan fingerprint density at radius 3 is 2.32 bits per heavy atom. The molecule has 9 heteroatoms. The minimum Gasteiger partial charge on any atom is -0.486 e. The lowest BCUT2D eigenvalue weighted by atomic mass is 9.38. The van der Waals surface area contributed by atoms with Crippen molar-refractivity contribution in [1.82, 2.24) is 4.90 Å². The minimum absolute atomic E-state index is 0.0199. The summed E-state index contributed by atoms with van der Waals surface area (Å²) in [4.78, 5) is 30.5. The summed E-state index contributed by atoms with van der Waals surface area (Å²) in [6.45, 7) is 5.50. The average Bonchev–Trinajstić information content (AvgIpc) is 2.52. The van der Waals surface area contributed by atoms with Crippen molar-refractivity contribution in [2.75, 3.05) is 6.61 Å². The number of carboxylic acid groups (broad SMARTS) is 1. The number of carbonyl (C=O) groups excluding carboxylic acids is 1. The number of hydrogen-bond acceptors (Lipinski definition) is 5. The van der Waals surface area contributed by atoms with Gasteiger partial charge in [-0.25, -0.2) is 9.59 Å². The van der Waals surface area contributed by atoms with Crippen molar-refractivity contribution < 1.29 is 24.3 Å². The number of nitrogens with two attached hydrogens (primary N) is 1. The van der Waals surface area contributed by atoms with E-state index in [1.165, 1.54) is 4.90 Å². The van der Waals surface area contributed by atoms with E-state index in [4.69, 9.17) is 26.9 Å². The third-order valence-corrected chi connectivity index (χ3v) is 5.47. The zero-order chi connectivity index (χ0) is 20.7. The van der Waals surface area contributed by atoms with Crippen LogP contribution < -0.4 is 10.5 Å². The molecule has 4 rings (SSSR count). The molecule has 8 nitrogen and oxygen atoms in total. The quantitative estimate of drug-likeness (QED) is 0.322. The maximum Gasteiger partial charge on any atom is 0.408 e. The van der Waals surface area contributed by atoms with Gasteiger partial charge in [0.05, 0.1) is 11.0 Å². The van der Waals surface area contributed by atoms with Crippen molar-refractivity contribution in [2.24, 2.45) is 16.3 Å². The van der Waals surface area contributed by atoms with Crippen LogP contribution in [0.25, 0.3) is 0 Å². The summed E-state index contributed by atoms with van der Waals surface area (Å²) < 4.78 is 5.42. The number of oxime groups is 1. The van der Waals surface area contributed by atoms with Gasteiger partial charge in [0.1, 0.15) is 12.4 Å². The molecule has 0 radical (unpaired) electrons. The first-order valence-corrected chi connectivity index (χ1v) is 9.31. The van der Waals surface area contributed by atoms with Crippen molar-refractivity contribution in [3.63, 3.8) is 0 Å². The van der Waals surface area contributed by atoms with Gasteiger partial charge in [0.2, 0.25) is 0 Å². The molecule has 1 amide bonds. The lowest BCUT2D eigenvalue weighted by Gasteiger charge is -2.72. The summed E-state index contributed by atoms with van der Waals surface area (Å²) in [7, 11) is 0. The van der Waals surface area contributed by atoms with E-state index < -0.39 is 28.6 Å². The Hall–Kier alpha value is -2.48. The normalized spacial score (nSPS) is 25.9. The summed E-state index contributed by atoms with van der Waals surface area (Å²) in [5, 5.41) is 13.8. The molecular weight excluding hydrogens is 386 g/mol. The van der Waals surface area contributed by atoms with Gasteiger partial charge < -0.3 is 20.4 Å². The highest BCUT2D eigenvalue weighted by atomic mass is 35.5. The molecule has 152 valence electrons. The lowest BCUT2D eigenvalue weighted by molar-refractivity contribution is -0.239. The highest BCUT2D eigenvalue weighted by Crippen LogP contribution is 2.71. The number of ether oxygens (including phenoxy) is 1. The molecule has 2 bridgehead atoms. The van der Waals surface area contributed by atoms with Gasteiger partial charge in [-0.1, -0.05) is 16.8 Å². The second-order valence-corrected chi connectivity index (χ2v) is 8.96. The molecule has 0 aliphatic heterocycles. The molecule has 3 aliphatic carbocycles. The third kappa shape index (κ3) is 3.61. The lowest BCUT2D eigenvalue weighted by Crippen LogP contribution is -2.80. The number of halogens is 1. The standard InChI is InChI=1S/C19H24ClN3O5/c1-17(2,3)23(16(25)26)19-9-18(10-19,11-19)15(24)28-22-14(21)8-27-13-6-4-12(20)5-7-13/h4-7H,8-11H2,1-3H3,(H2,21,22)(H,25,26). The highest BCUT2D eigenvalue weighted by molar-refractivity contribution is 6.30. The van der Waals surface area contributed by atoms with E-state index >= 15 is 0 Å². The SMILES string of the molecule is CC(C)(C)N(C(=O)O)C12CC(C(=O)ON=C(N)COc3ccc(Cl)cc3)(C1)C2. The van der Waals surface area contributed by atoms with E-state index in [0.29, 0.717) is 30.0 Å². The predicted molar refractivity (Wildman–Crippen MR) is 103 cm³/mol. The topological polar surface area (TPSA) is 114 Å². The van der Waals surface area contributed by atoms with Gasteiger partial charge in [-0.3, -0.25) is 4.90 Å². The molecule has 0 saturated heterocycles. The van der Waals surface area contributed by atoms with Crippen LogP contribution in [0.15, 0.2) is 29.4 Å². The van der Waals surface area contributed by atoms with Crippen LogP contribution in [0.4, 0.5) is 4.79 Å². The molecule has 0 spiro atoms. The van der Waals surface area contributed by atoms with E-state index in [0.717, 1.165) is 0 Å². The fraction of sp³-hybridized carbons (Fsp3) is 0.526. The molecule has 0 unspecified atom stereocenters. The molecule has 3 N–H and O–H groups in total. The molecule has 0 heterocycles. The van der Waals surface area contributed by atoms with Gasteiger partial charge in [0.15, 0.2) is 5.84 Å². The average molecular weight is 410 g/mol. The van der Waals surface area contributed by atoms with Crippen LogP contribution in [-0.2, 0) is 9.63 Å². The Bertz CT molecular complexity index is 796. The van der Waals surface area contributed by atoms with E-state index in [2.05, 4.69) is 5.16 Å². The monoisotopic (exact) mass is 409 g/mol. The largest absolute Gasteiger partial charge is 0.486 e. The number of carbonyl (C=O) groups is 2. The summed E-state index contributed by atoms with van der Waals surface area (Å²) in [6.07, 6.45) is 0.355. The van der Waals surface area contributed by atoms with Gasteiger partial charge in [-0.2, -0.15) is 0 Å². The van der Waals surface area contributed by atoms with E-state index in [1.54, 1.807) is 24.3 Å². The molecule has 0 atom stereocenters. The number of nitrogens with zero attached hydrogens (tertiary/aromatic N) is 2. The van der Waals surface area contributed by atoms with Gasteiger partial charge in [-0.05, 0) is 64.3 Å². The van der Waals surface area contributed by atoms with E-state index in [9.17, 15) is 14.7 Å². The molecule has 1 aromatic rings. The van der Waals surface area contributed by atoms with Crippen LogP contribution in [0.5, 0.6) is 5.75 Å². The van der Waals surface area contributed by atoms with E-state index in [1.807, 2.05) is 20.8 Å². The van der Waals surface area contributed by atoms with Crippen molar-refractivity contribution in [2.45, 2.75) is 51.1 Å². The van der Waals surface area contributed by atoms with Crippen molar-refractivity contribution >= 4 is 29.5 Å². The summed E-state index contributed by atoms with van der Waals surface area (Å²) in [5.74, 6) is 0.0979. The molecule has 3 fully saturated rings. The van der Waals surface area contributed by atoms with Gasteiger partial charge in [0.25, 0.3) is 0 Å². The van der Waals surface area contributed by atoms with E-state index in [-0.39, 0.29) is 12.4 Å². The van der Waals surface area contributed by atoms with Crippen molar-refractivity contribution in [3.8, 4) is 5.75 Å². The number of hydrogen-bond donors (Lipinski definition) is 2. The Balaban J connectivity index is 1.51. The molecule has 1 aromatic carbocycles. The maximum absolute atomic E-state index is 12.4. The van der Waals surface area contributed by atoms with Crippen LogP contribution in [0.2, 0.25) is 5.02 Å². The fourth-order valence-corrected chi connectivity index (χ4v) is 4.43. The summed E-state index contributed by atoms with van der Waals surface area (Å²) in [5.41, 5.74) is 4.03. The second kappa shape index (κ2) is 6.84.